The van der Waals surface area contributed by atoms with Gasteiger partial charge in [0, 0.05) is 9.89 Å². The molecule has 0 unspecified atom stereocenters. The number of carboxylic acid groups (broad SMARTS) is 1. The lowest BCUT2D eigenvalue weighted by molar-refractivity contribution is -0.138. The second-order valence-electron chi connectivity index (χ2n) is 4.49. The van der Waals surface area contributed by atoms with Crippen LogP contribution in [0, 0.1) is 12.7 Å². The minimum atomic E-state index is -0.926. The van der Waals surface area contributed by atoms with Gasteiger partial charge in [0.05, 0.1) is 6.42 Å². The molecule has 0 bridgehead atoms. The van der Waals surface area contributed by atoms with Gasteiger partial charge in [-0.1, -0.05) is 35.8 Å². The minimum Gasteiger partial charge on any atom is -0.481 e. The molecule has 0 radical (unpaired) electrons. The van der Waals surface area contributed by atoms with Crippen LogP contribution >= 0.6 is 15.9 Å². The lowest BCUT2D eigenvalue weighted by Gasteiger charge is -2.24. The molecule has 0 saturated carbocycles. The standard InChI is InChI=1S/C12H14BrFO2/c1-7-9(13)5-4-8(11(7)14)12(2,3)6-10(15)16/h4-5H,6H2,1-3H3,(H,15,16). The van der Waals surface area contributed by atoms with Crippen LogP contribution < -0.4 is 0 Å². The number of hydrogen-bond acceptors (Lipinski definition) is 1. The number of aliphatic carboxylic acids is 1. The Kier molecular flexibility index (Phi) is 3.73. The Bertz CT molecular complexity index is 427. The van der Waals surface area contributed by atoms with Crippen LogP contribution in [-0.4, -0.2) is 11.1 Å². The van der Waals surface area contributed by atoms with E-state index >= 15 is 0 Å². The van der Waals surface area contributed by atoms with E-state index in [9.17, 15) is 9.18 Å². The average molecular weight is 289 g/mol. The Morgan fingerprint density at radius 1 is 1.50 bits per heavy atom. The Balaban J connectivity index is 3.23. The third-order valence-electron chi connectivity index (χ3n) is 2.64. The summed E-state index contributed by atoms with van der Waals surface area (Å²) < 4.78 is 14.7. The zero-order valence-electron chi connectivity index (χ0n) is 9.47. The molecular weight excluding hydrogens is 275 g/mol. The summed E-state index contributed by atoms with van der Waals surface area (Å²) in [6.45, 7) is 5.12. The Hall–Kier alpha value is -0.900. The van der Waals surface area contributed by atoms with Crippen LogP contribution in [0.3, 0.4) is 0 Å². The van der Waals surface area contributed by atoms with Crippen molar-refractivity contribution in [3.05, 3.63) is 33.5 Å². The SMILES string of the molecule is Cc1c(Br)ccc(C(C)(C)CC(=O)O)c1F. The third kappa shape index (κ3) is 2.61. The zero-order valence-corrected chi connectivity index (χ0v) is 11.1. The molecule has 0 aliphatic rings. The van der Waals surface area contributed by atoms with Gasteiger partial charge in [-0.2, -0.15) is 0 Å². The van der Waals surface area contributed by atoms with Crippen molar-refractivity contribution in [2.24, 2.45) is 0 Å². The van der Waals surface area contributed by atoms with E-state index in [0.717, 1.165) is 0 Å². The molecule has 0 amide bonds. The van der Waals surface area contributed by atoms with Gasteiger partial charge in [-0.25, -0.2) is 4.39 Å². The predicted octanol–water partition coefficient (Wildman–Crippen LogP) is 3.65. The monoisotopic (exact) mass is 288 g/mol. The van der Waals surface area contributed by atoms with Crippen molar-refractivity contribution in [1.82, 2.24) is 0 Å². The summed E-state index contributed by atoms with van der Waals surface area (Å²) in [6, 6.07) is 3.38. The molecule has 1 N–H and O–H groups in total. The topological polar surface area (TPSA) is 37.3 Å². The molecule has 1 aromatic carbocycles. The molecule has 1 rings (SSSR count). The fourth-order valence-corrected chi connectivity index (χ4v) is 1.96. The third-order valence-corrected chi connectivity index (χ3v) is 3.50. The normalized spacial score (nSPS) is 11.6. The number of carbonyl (C=O) groups is 1. The van der Waals surface area contributed by atoms with Crippen LogP contribution in [0.1, 0.15) is 31.4 Å². The summed E-state index contributed by atoms with van der Waals surface area (Å²) in [5, 5.41) is 8.79. The Labute approximate surface area is 103 Å². The van der Waals surface area contributed by atoms with E-state index in [1.807, 2.05) is 0 Å². The van der Waals surface area contributed by atoms with Crippen LogP contribution in [0.5, 0.6) is 0 Å². The van der Waals surface area contributed by atoms with Gasteiger partial charge in [0.2, 0.25) is 0 Å². The van der Waals surface area contributed by atoms with E-state index in [0.29, 0.717) is 15.6 Å². The quantitative estimate of drug-likeness (QED) is 0.922. The van der Waals surface area contributed by atoms with Crippen LogP contribution in [-0.2, 0) is 10.2 Å². The van der Waals surface area contributed by atoms with E-state index in [1.54, 1.807) is 32.9 Å². The van der Waals surface area contributed by atoms with Crippen LogP contribution in [0.15, 0.2) is 16.6 Å². The van der Waals surface area contributed by atoms with Crippen molar-refractivity contribution < 1.29 is 14.3 Å². The van der Waals surface area contributed by atoms with Crippen molar-refractivity contribution >= 4 is 21.9 Å². The number of carboxylic acids is 1. The maximum absolute atomic E-state index is 14.0. The summed E-state index contributed by atoms with van der Waals surface area (Å²) in [6.07, 6.45) is -0.0923. The van der Waals surface area contributed by atoms with Gasteiger partial charge in [-0.3, -0.25) is 4.79 Å². The highest BCUT2D eigenvalue weighted by molar-refractivity contribution is 9.10. The first kappa shape index (κ1) is 13.2. The molecular formula is C12H14BrFO2. The molecule has 0 atom stereocenters. The summed E-state index contributed by atoms with van der Waals surface area (Å²) in [7, 11) is 0. The highest BCUT2D eigenvalue weighted by Crippen LogP contribution is 2.32. The number of benzene rings is 1. The summed E-state index contributed by atoms with van der Waals surface area (Å²) in [4.78, 5) is 10.7. The van der Waals surface area contributed by atoms with Crippen LogP contribution in [0.2, 0.25) is 0 Å². The number of rotatable bonds is 3. The highest BCUT2D eigenvalue weighted by atomic mass is 79.9. The summed E-state index contributed by atoms with van der Waals surface area (Å²) in [5.74, 6) is -1.26. The second-order valence-corrected chi connectivity index (χ2v) is 5.34. The highest BCUT2D eigenvalue weighted by Gasteiger charge is 2.28. The van der Waals surface area contributed by atoms with Gasteiger partial charge >= 0.3 is 5.97 Å². The molecule has 0 fully saturated rings. The van der Waals surface area contributed by atoms with E-state index in [4.69, 9.17) is 5.11 Å². The van der Waals surface area contributed by atoms with E-state index in [2.05, 4.69) is 15.9 Å². The first-order valence-corrected chi connectivity index (χ1v) is 5.72. The van der Waals surface area contributed by atoms with E-state index < -0.39 is 11.4 Å². The summed E-state index contributed by atoms with van der Waals surface area (Å²) >= 11 is 3.24. The Morgan fingerprint density at radius 3 is 2.56 bits per heavy atom. The molecule has 0 aromatic heterocycles. The lowest BCUT2D eigenvalue weighted by Crippen LogP contribution is -2.23. The fraction of sp³-hybridized carbons (Fsp3) is 0.417. The fourth-order valence-electron chi connectivity index (χ4n) is 1.66. The van der Waals surface area contributed by atoms with Crippen molar-refractivity contribution in [3.8, 4) is 0 Å². The van der Waals surface area contributed by atoms with Crippen LogP contribution in [0.4, 0.5) is 4.39 Å². The molecule has 0 heterocycles. The lowest BCUT2D eigenvalue weighted by atomic mass is 9.80. The van der Waals surface area contributed by atoms with Crippen molar-refractivity contribution in [2.75, 3.05) is 0 Å². The van der Waals surface area contributed by atoms with E-state index in [-0.39, 0.29) is 12.2 Å². The van der Waals surface area contributed by atoms with Crippen molar-refractivity contribution in [3.63, 3.8) is 0 Å². The molecule has 1 aromatic rings. The molecule has 4 heteroatoms. The van der Waals surface area contributed by atoms with Gasteiger partial charge in [-0.05, 0) is 24.1 Å². The van der Waals surface area contributed by atoms with Crippen LogP contribution in [0.25, 0.3) is 0 Å². The largest absolute Gasteiger partial charge is 0.481 e. The molecule has 16 heavy (non-hydrogen) atoms. The van der Waals surface area contributed by atoms with Crippen molar-refractivity contribution in [2.45, 2.75) is 32.6 Å². The summed E-state index contributed by atoms with van der Waals surface area (Å²) in [5.41, 5.74) is 0.244. The molecule has 0 aliphatic heterocycles. The van der Waals surface area contributed by atoms with Gasteiger partial charge in [0.15, 0.2) is 0 Å². The first-order chi connectivity index (χ1) is 7.25. The molecule has 0 aliphatic carbocycles. The second kappa shape index (κ2) is 4.53. The first-order valence-electron chi connectivity index (χ1n) is 4.92. The van der Waals surface area contributed by atoms with Gasteiger partial charge < -0.3 is 5.11 Å². The average Bonchev–Trinajstić information content (AvgIpc) is 2.11. The van der Waals surface area contributed by atoms with Gasteiger partial charge in [0.1, 0.15) is 5.82 Å². The van der Waals surface area contributed by atoms with Gasteiger partial charge in [0.25, 0.3) is 0 Å². The zero-order chi connectivity index (χ0) is 12.5. The maximum atomic E-state index is 14.0. The smallest absolute Gasteiger partial charge is 0.304 e. The molecule has 0 spiro atoms. The molecule has 88 valence electrons. The predicted molar refractivity (Wildman–Crippen MR) is 64.1 cm³/mol. The molecule has 0 saturated heterocycles. The van der Waals surface area contributed by atoms with Gasteiger partial charge in [-0.15, -0.1) is 0 Å². The molecule has 2 nitrogen and oxygen atoms in total. The number of halogens is 2. The van der Waals surface area contributed by atoms with E-state index in [1.165, 1.54) is 0 Å². The number of hydrogen-bond donors (Lipinski definition) is 1. The Morgan fingerprint density at radius 2 is 2.06 bits per heavy atom. The van der Waals surface area contributed by atoms with Crippen molar-refractivity contribution in [1.29, 1.82) is 0 Å². The minimum absolute atomic E-state index is 0.0923. The maximum Gasteiger partial charge on any atom is 0.304 e.